The van der Waals surface area contributed by atoms with Crippen LogP contribution in [0.5, 0.6) is 23.0 Å². The van der Waals surface area contributed by atoms with Gasteiger partial charge < -0.3 is 29.5 Å². The van der Waals surface area contributed by atoms with E-state index in [0.717, 1.165) is 39.6 Å². The van der Waals surface area contributed by atoms with E-state index in [4.69, 9.17) is 29.3 Å². The third-order valence-electron chi connectivity index (χ3n) is 7.79. The number of ether oxygens (including phenoxy) is 3. The number of hydrogen-bond acceptors (Lipinski definition) is 9. The Kier molecular flexibility index (Phi) is 5.61. The molecule has 4 heterocycles. The van der Waals surface area contributed by atoms with Crippen LogP contribution in [-0.4, -0.2) is 40.5 Å². The van der Waals surface area contributed by atoms with Gasteiger partial charge in [0.1, 0.15) is 0 Å². The highest BCUT2D eigenvalue weighted by molar-refractivity contribution is 6.51. The van der Waals surface area contributed by atoms with Crippen molar-refractivity contribution in [1.82, 2.24) is 9.78 Å². The number of phenols is 1. The molecule has 8 rings (SSSR count). The summed E-state index contributed by atoms with van der Waals surface area (Å²) in [6.07, 6.45) is 0. The number of aromatic nitrogens is 2. The van der Waals surface area contributed by atoms with Gasteiger partial charge >= 0.3 is 0 Å². The van der Waals surface area contributed by atoms with Crippen molar-refractivity contribution >= 4 is 34.6 Å². The smallest absolute Gasteiger partial charge is 0.231 e. The molecule has 10 heteroatoms. The fraction of sp³-hybridized carbons (Fsp3) is 0.121. The molecule has 3 aliphatic rings. The number of hydrogen-bond donors (Lipinski definition) is 2. The summed E-state index contributed by atoms with van der Waals surface area (Å²) in [6, 6.07) is 28.7. The minimum Gasteiger partial charge on any atom is -0.504 e. The minimum atomic E-state index is -0.361. The SMILES string of the molecule is COc1cc(C2c3c(C)nn(-c4ccccc4)c3N=C3C(Nc4ccc5c(c4)OCO5)=Nc4ccccc4N32)ccc1O. The quantitative estimate of drug-likeness (QED) is 0.257. The highest BCUT2D eigenvalue weighted by atomic mass is 16.7. The van der Waals surface area contributed by atoms with Crippen LogP contribution < -0.4 is 24.4 Å². The Morgan fingerprint density at radius 1 is 0.907 bits per heavy atom. The molecule has 0 spiro atoms. The number of benzene rings is 4. The van der Waals surface area contributed by atoms with E-state index in [2.05, 4.69) is 10.2 Å². The van der Waals surface area contributed by atoms with Crippen molar-refractivity contribution < 1.29 is 19.3 Å². The molecular formula is C33H26N6O4. The van der Waals surface area contributed by atoms with Crippen LogP contribution in [-0.2, 0) is 0 Å². The number of aliphatic imine (C=N–C) groups is 2. The largest absolute Gasteiger partial charge is 0.504 e. The molecule has 10 nitrogen and oxygen atoms in total. The average Bonchev–Trinajstić information content (AvgIpc) is 3.65. The first-order valence-electron chi connectivity index (χ1n) is 13.8. The Morgan fingerprint density at radius 2 is 1.72 bits per heavy atom. The van der Waals surface area contributed by atoms with Crippen LogP contribution in [0.2, 0.25) is 0 Å². The number of nitrogens with one attached hydrogen (secondary N) is 1. The van der Waals surface area contributed by atoms with E-state index in [1.54, 1.807) is 13.2 Å². The number of fused-ring (bicyclic) bond motifs is 5. The van der Waals surface area contributed by atoms with Gasteiger partial charge in [-0.2, -0.15) is 5.10 Å². The predicted molar refractivity (Wildman–Crippen MR) is 164 cm³/mol. The van der Waals surface area contributed by atoms with Gasteiger partial charge in [0.05, 0.1) is 35.9 Å². The second-order valence-electron chi connectivity index (χ2n) is 10.4. The van der Waals surface area contributed by atoms with E-state index in [9.17, 15) is 5.11 Å². The third-order valence-corrected chi connectivity index (χ3v) is 7.79. The van der Waals surface area contributed by atoms with Crippen LogP contribution in [0.15, 0.2) is 101 Å². The Bertz CT molecular complexity index is 1970. The summed E-state index contributed by atoms with van der Waals surface area (Å²) >= 11 is 0. The number of anilines is 2. The number of para-hydroxylation sites is 3. The molecule has 0 radical (unpaired) electrons. The van der Waals surface area contributed by atoms with Crippen molar-refractivity contribution in [3.05, 3.63) is 108 Å². The Morgan fingerprint density at radius 3 is 2.58 bits per heavy atom. The first kappa shape index (κ1) is 25.0. The minimum absolute atomic E-state index is 0.0682. The zero-order chi connectivity index (χ0) is 29.1. The molecule has 212 valence electrons. The van der Waals surface area contributed by atoms with Gasteiger partial charge in [0.2, 0.25) is 6.79 Å². The molecule has 0 aliphatic carbocycles. The van der Waals surface area contributed by atoms with E-state index in [1.807, 2.05) is 96.5 Å². The molecule has 2 N–H and O–H groups in total. The molecular weight excluding hydrogens is 544 g/mol. The highest BCUT2D eigenvalue weighted by Gasteiger charge is 2.41. The summed E-state index contributed by atoms with van der Waals surface area (Å²) in [5.41, 5.74) is 6.04. The zero-order valence-electron chi connectivity index (χ0n) is 23.4. The summed E-state index contributed by atoms with van der Waals surface area (Å²) in [5, 5.41) is 18.9. The standard InChI is InChI=1S/C33H26N6O4/c1-19-29-30(20-12-14-25(40)27(16-20)41-2)38-24-11-7-6-10-23(24)35-31(34-21-13-15-26-28(17-21)43-18-42-26)33(38)36-32(29)39(37-19)22-8-4-3-5-9-22/h3-17,30,40H,18H2,1-2H3,(H,34,35). The molecule has 3 aliphatic heterocycles. The van der Waals surface area contributed by atoms with Gasteiger partial charge in [-0.3, -0.25) is 0 Å². The molecule has 5 aromatic rings. The Labute approximate surface area is 247 Å². The highest BCUT2D eigenvalue weighted by Crippen LogP contribution is 2.49. The molecule has 1 atom stereocenters. The van der Waals surface area contributed by atoms with Crippen molar-refractivity contribution in [2.45, 2.75) is 13.0 Å². The molecule has 1 aromatic heterocycles. The summed E-state index contributed by atoms with van der Waals surface area (Å²) in [4.78, 5) is 12.5. The van der Waals surface area contributed by atoms with Crippen molar-refractivity contribution in [2.24, 2.45) is 9.98 Å². The summed E-state index contributed by atoms with van der Waals surface area (Å²) in [7, 11) is 1.55. The lowest BCUT2D eigenvalue weighted by Gasteiger charge is -2.40. The summed E-state index contributed by atoms with van der Waals surface area (Å²) in [5.74, 6) is 3.71. The number of aromatic hydroxyl groups is 1. The summed E-state index contributed by atoms with van der Waals surface area (Å²) < 4.78 is 18.5. The number of methoxy groups -OCH3 is 1. The Hall–Kier alpha value is -5.77. The fourth-order valence-electron chi connectivity index (χ4n) is 5.84. The number of nitrogens with zero attached hydrogens (tertiary/aromatic N) is 5. The van der Waals surface area contributed by atoms with E-state index < -0.39 is 0 Å². The fourth-order valence-corrected chi connectivity index (χ4v) is 5.84. The van der Waals surface area contributed by atoms with Gasteiger partial charge in [-0.1, -0.05) is 36.4 Å². The van der Waals surface area contributed by atoms with Gasteiger partial charge in [-0.05, 0) is 61.0 Å². The molecule has 0 bridgehead atoms. The molecule has 4 aromatic carbocycles. The van der Waals surface area contributed by atoms with Crippen LogP contribution in [0.25, 0.3) is 5.69 Å². The van der Waals surface area contributed by atoms with Gasteiger partial charge in [0.25, 0.3) is 0 Å². The van der Waals surface area contributed by atoms with Crippen molar-refractivity contribution in [2.75, 3.05) is 24.1 Å². The molecule has 0 fully saturated rings. The third kappa shape index (κ3) is 3.98. The molecule has 0 saturated carbocycles. The first-order chi connectivity index (χ1) is 21.1. The normalized spacial score (nSPS) is 16.0. The van der Waals surface area contributed by atoms with Crippen molar-refractivity contribution in [1.29, 1.82) is 0 Å². The van der Waals surface area contributed by atoms with Gasteiger partial charge in [-0.25, -0.2) is 14.7 Å². The van der Waals surface area contributed by atoms with Gasteiger partial charge in [0.15, 0.2) is 40.5 Å². The van der Waals surface area contributed by atoms with Gasteiger partial charge in [-0.15, -0.1) is 0 Å². The van der Waals surface area contributed by atoms with Crippen molar-refractivity contribution in [3.8, 4) is 28.7 Å². The lowest BCUT2D eigenvalue weighted by Crippen LogP contribution is -2.46. The lowest BCUT2D eigenvalue weighted by atomic mass is 9.93. The topological polar surface area (TPSA) is 106 Å². The van der Waals surface area contributed by atoms with Crippen LogP contribution in [0.4, 0.5) is 22.9 Å². The second-order valence-corrected chi connectivity index (χ2v) is 10.4. The Balaban J connectivity index is 1.37. The monoisotopic (exact) mass is 570 g/mol. The number of rotatable bonds is 4. The predicted octanol–water partition coefficient (Wildman–Crippen LogP) is 6.42. The molecule has 0 saturated heterocycles. The number of amidine groups is 2. The molecule has 1 unspecified atom stereocenters. The zero-order valence-corrected chi connectivity index (χ0v) is 23.4. The second kappa shape index (κ2) is 9.66. The van der Waals surface area contributed by atoms with Crippen LogP contribution >= 0.6 is 0 Å². The molecule has 0 amide bonds. The van der Waals surface area contributed by atoms with Crippen LogP contribution in [0.1, 0.15) is 22.9 Å². The summed E-state index contributed by atoms with van der Waals surface area (Å²) in [6.45, 7) is 2.19. The maximum Gasteiger partial charge on any atom is 0.231 e. The molecule has 43 heavy (non-hydrogen) atoms. The van der Waals surface area contributed by atoms with Gasteiger partial charge in [0, 0.05) is 17.3 Å². The first-order valence-corrected chi connectivity index (χ1v) is 13.8. The van der Waals surface area contributed by atoms with E-state index in [-0.39, 0.29) is 18.6 Å². The van der Waals surface area contributed by atoms with Crippen LogP contribution in [0.3, 0.4) is 0 Å². The average molecular weight is 571 g/mol. The van der Waals surface area contributed by atoms with Crippen LogP contribution in [0, 0.1) is 6.92 Å². The maximum atomic E-state index is 10.5. The number of phenolic OH excluding ortho intramolecular Hbond substituents is 1. The number of aryl methyl sites for hydroxylation is 1. The van der Waals surface area contributed by atoms with Crippen molar-refractivity contribution in [3.63, 3.8) is 0 Å². The maximum absolute atomic E-state index is 10.5. The lowest BCUT2D eigenvalue weighted by molar-refractivity contribution is 0.174. The van der Waals surface area contributed by atoms with E-state index >= 15 is 0 Å². The van der Waals surface area contributed by atoms with E-state index in [0.29, 0.717) is 34.7 Å². The van der Waals surface area contributed by atoms with E-state index in [1.165, 1.54) is 0 Å².